The second-order valence-electron chi connectivity index (χ2n) is 4.36. The fraction of sp³-hybridized carbons (Fsp3) is 0.455. The van der Waals surface area contributed by atoms with Gasteiger partial charge in [0.2, 0.25) is 0 Å². The number of hydrogen-bond acceptors (Lipinski definition) is 3. The molecule has 1 atom stereocenters. The van der Waals surface area contributed by atoms with Gasteiger partial charge in [-0.2, -0.15) is 0 Å². The Kier molecular flexibility index (Phi) is 2.62. The molecule has 1 unspecified atom stereocenters. The quantitative estimate of drug-likeness (QED) is 0.733. The predicted molar refractivity (Wildman–Crippen MR) is 62.0 cm³/mol. The zero-order chi connectivity index (χ0) is 12.1. The fourth-order valence-electron chi connectivity index (χ4n) is 2.12. The number of aromatic hydroxyl groups is 2. The topological polar surface area (TPSA) is 66.5 Å². The highest BCUT2D eigenvalue weighted by atomic mass is 79.9. The third-order valence-electron chi connectivity index (χ3n) is 3.33. The van der Waals surface area contributed by atoms with Gasteiger partial charge in [-0.05, 0) is 25.8 Å². The average molecular weight is 290 g/mol. The lowest BCUT2D eigenvalue weighted by atomic mass is 9.88. The first-order valence-corrected chi connectivity index (χ1v) is 5.85. The summed E-state index contributed by atoms with van der Waals surface area (Å²) in [7, 11) is 0. The number of nitrogens with two attached hydrogens (primary N) is 1. The van der Waals surface area contributed by atoms with Crippen molar-refractivity contribution in [2.24, 2.45) is 5.73 Å². The van der Waals surface area contributed by atoms with Crippen LogP contribution in [0.25, 0.3) is 0 Å². The third kappa shape index (κ3) is 1.50. The van der Waals surface area contributed by atoms with Crippen molar-refractivity contribution in [2.75, 3.05) is 0 Å². The molecule has 0 heterocycles. The maximum Gasteiger partial charge on any atom is 0.194 e. The van der Waals surface area contributed by atoms with E-state index in [1.807, 2.05) is 6.92 Å². The summed E-state index contributed by atoms with van der Waals surface area (Å²) in [6, 6.07) is 1.11. The van der Waals surface area contributed by atoms with Crippen LogP contribution in [0.4, 0.5) is 4.39 Å². The summed E-state index contributed by atoms with van der Waals surface area (Å²) < 4.78 is 14.4. The largest absolute Gasteiger partial charge is 0.504 e. The normalized spacial score (nSPS) is 19.5. The van der Waals surface area contributed by atoms with Crippen molar-refractivity contribution < 1.29 is 14.6 Å². The summed E-state index contributed by atoms with van der Waals surface area (Å²) in [6.45, 7) is 1.82. The van der Waals surface area contributed by atoms with Gasteiger partial charge in [-0.3, -0.25) is 0 Å². The van der Waals surface area contributed by atoms with Gasteiger partial charge in [0.15, 0.2) is 17.3 Å². The molecule has 4 N–H and O–H groups in total. The van der Waals surface area contributed by atoms with E-state index in [-0.39, 0.29) is 6.04 Å². The molecule has 0 aliphatic heterocycles. The first kappa shape index (κ1) is 11.7. The van der Waals surface area contributed by atoms with Crippen LogP contribution in [0.2, 0.25) is 0 Å². The van der Waals surface area contributed by atoms with Crippen LogP contribution in [0, 0.1) is 5.82 Å². The molecule has 1 fully saturated rings. The standard InChI is InChI=1S/C11H13BrFNO2/c1-5(14)11(2-3-11)8-6(12)4-7(15)10(16)9(8)13/h4-5,15-16H,2-3,14H2,1H3. The minimum Gasteiger partial charge on any atom is -0.504 e. The Bertz CT molecular complexity index is 444. The van der Waals surface area contributed by atoms with Crippen molar-refractivity contribution in [1.29, 1.82) is 0 Å². The summed E-state index contributed by atoms with van der Waals surface area (Å²) in [5.74, 6) is -1.94. The van der Waals surface area contributed by atoms with E-state index >= 15 is 0 Å². The molecule has 16 heavy (non-hydrogen) atoms. The molecule has 2 rings (SSSR count). The summed E-state index contributed by atoms with van der Waals surface area (Å²) in [6.07, 6.45) is 1.59. The highest BCUT2D eigenvalue weighted by molar-refractivity contribution is 9.10. The molecule has 88 valence electrons. The highest BCUT2D eigenvalue weighted by Crippen LogP contribution is 2.55. The lowest BCUT2D eigenvalue weighted by molar-refractivity contribution is 0.370. The zero-order valence-electron chi connectivity index (χ0n) is 8.80. The molecular weight excluding hydrogens is 277 g/mol. The Hall–Kier alpha value is -0.810. The number of phenolic OH excluding ortho intramolecular Hbond substituents is 2. The zero-order valence-corrected chi connectivity index (χ0v) is 10.4. The first-order chi connectivity index (χ1) is 7.40. The number of halogens is 2. The van der Waals surface area contributed by atoms with Gasteiger partial charge in [0.1, 0.15) is 0 Å². The van der Waals surface area contributed by atoms with Gasteiger partial charge >= 0.3 is 0 Å². The van der Waals surface area contributed by atoms with Gasteiger partial charge in [-0.25, -0.2) is 4.39 Å². The predicted octanol–water partition coefficient (Wildman–Crippen LogP) is 2.38. The van der Waals surface area contributed by atoms with E-state index < -0.39 is 22.7 Å². The molecule has 1 saturated carbocycles. The summed E-state index contributed by atoms with van der Waals surface area (Å²) in [5.41, 5.74) is 5.82. The van der Waals surface area contributed by atoms with Crippen LogP contribution in [-0.2, 0) is 5.41 Å². The smallest absolute Gasteiger partial charge is 0.194 e. The molecule has 0 bridgehead atoms. The van der Waals surface area contributed by atoms with E-state index in [0.717, 1.165) is 12.8 Å². The molecule has 0 amide bonds. The molecule has 0 radical (unpaired) electrons. The average Bonchev–Trinajstić information content (AvgIpc) is 2.96. The van der Waals surface area contributed by atoms with Crippen molar-refractivity contribution in [3.8, 4) is 11.5 Å². The van der Waals surface area contributed by atoms with E-state index in [4.69, 9.17) is 5.73 Å². The minimum atomic E-state index is -0.776. The van der Waals surface area contributed by atoms with Crippen LogP contribution >= 0.6 is 15.9 Å². The molecular formula is C11H13BrFNO2. The van der Waals surface area contributed by atoms with Crippen molar-refractivity contribution in [1.82, 2.24) is 0 Å². The van der Waals surface area contributed by atoms with E-state index in [2.05, 4.69) is 15.9 Å². The molecule has 0 spiro atoms. The van der Waals surface area contributed by atoms with E-state index in [1.165, 1.54) is 6.07 Å². The summed E-state index contributed by atoms with van der Waals surface area (Å²) in [4.78, 5) is 0. The van der Waals surface area contributed by atoms with E-state index in [0.29, 0.717) is 10.0 Å². The van der Waals surface area contributed by atoms with Crippen molar-refractivity contribution >= 4 is 15.9 Å². The number of benzene rings is 1. The second-order valence-corrected chi connectivity index (χ2v) is 5.21. The Morgan fingerprint density at radius 2 is 2.06 bits per heavy atom. The Morgan fingerprint density at radius 1 is 1.50 bits per heavy atom. The van der Waals surface area contributed by atoms with Gasteiger partial charge in [-0.1, -0.05) is 15.9 Å². The van der Waals surface area contributed by atoms with Gasteiger partial charge < -0.3 is 15.9 Å². The Morgan fingerprint density at radius 3 is 2.50 bits per heavy atom. The van der Waals surface area contributed by atoms with Crippen LogP contribution in [0.5, 0.6) is 11.5 Å². The molecule has 0 saturated heterocycles. The van der Waals surface area contributed by atoms with Crippen LogP contribution in [-0.4, -0.2) is 16.3 Å². The van der Waals surface area contributed by atoms with Gasteiger partial charge in [0.05, 0.1) is 0 Å². The Labute approximate surface area is 101 Å². The van der Waals surface area contributed by atoms with Crippen molar-refractivity contribution in [2.45, 2.75) is 31.2 Å². The third-order valence-corrected chi connectivity index (χ3v) is 3.96. The van der Waals surface area contributed by atoms with Crippen LogP contribution < -0.4 is 5.73 Å². The highest BCUT2D eigenvalue weighted by Gasteiger charge is 2.50. The number of hydrogen-bond donors (Lipinski definition) is 3. The molecule has 1 aromatic carbocycles. The fourth-order valence-corrected chi connectivity index (χ4v) is 2.91. The monoisotopic (exact) mass is 289 g/mol. The minimum absolute atomic E-state index is 0.192. The SMILES string of the molecule is CC(N)C1(c2c(Br)cc(O)c(O)c2F)CC1. The second kappa shape index (κ2) is 3.60. The van der Waals surface area contributed by atoms with Crippen LogP contribution in [0.1, 0.15) is 25.3 Å². The van der Waals surface area contributed by atoms with Crippen LogP contribution in [0.3, 0.4) is 0 Å². The molecule has 0 aromatic heterocycles. The maximum atomic E-state index is 13.9. The van der Waals surface area contributed by atoms with Gasteiger partial charge in [-0.15, -0.1) is 0 Å². The van der Waals surface area contributed by atoms with E-state index in [1.54, 1.807) is 0 Å². The number of phenols is 2. The molecule has 5 heteroatoms. The van der Waals surface area contributed by atoms with Crippen molar-refractivity contribution in [3.05, 3.63) is 21.9 Å². The van der Waals surface area contributed by atoms with Crippen LogP contribution in [0.15, 0.2) is 10.5 Å². The van der Waals surface area contributed by atoms with Gasteiger partial charge in [0, 0.05) is 21.5 Å². The lowest BCUT2D eigenvalue weighted by Gasteiger charge is -2.22. The Balaban J connectivity index is 2.62. The summed E-state index contributed by atoms with van der Waals surface area (Å²) in [5, 5.41) is 18.7. The molecule has 1 aliphatic rings. The van der Waals surface area contributed by atoms with Crippen molar-refractivity contribution in [3.63, 3.8) is 0 Å². The summed E-state index contributed by atoms with van der Waals surface area (Å²) >= 11 is 3.21. The molecule has 1 aliphatic carbocycles. The lowest BCUT2D eigenvalue weighted by Crippen LogP contribution is -2.32. The van der Waals surface area contributed by atoms with E-state index in [9.17, 15) is 14.6 Å². The van der Waals surface area contributed by atoms with Gasteiger partial charge in [0.25, 0.3) is 0 Å². The first-order valence-electron chi connectivity index (χ1n) is 5.06. The number of rotatable bonds is 2. The molecule has 3 nitrogen and oxygen atoms in total. The molecule has 1 aromatic rings. The maximum absolute atomic E-state index is 13.9.